The Kier molecular flexibility index (Phi) is 8.36. The lowest BCUT2D eigenvalue weighted by molar-refractivity contribution is 0.0451. The van der Waals surface area contributed by atoms with Gasteiger partial charge in [0.15, 0.2) is 0 Å². The van der Waals surface area contributed by atoms with E-state index in [4.69, 9.17) is 4.18 Å². The van der Waals surface area contributed by atoms with E-state index >= 15 is 0 Å². The minimum atomic E-state index is -2.51. The summed E-state index contributed by atoms with van der Waals surface area (Å²) < 4.78 is 29.3. The molecule has 18 unspecified atom stereocenters. The highest BCUT2D eigenvalue weighted by Gasteiger charge is 2.55. The van der Waals surface area contributed by atoms with Gasteiger partial charge in [-0.05, 0) is 92.8 Å². The first-order valence-corrected chi connectivity index (χ1v) is 19.5. The number of fused-ring (bicyclic) bond motifs is 20. The zero-order valence-electron chi connectivity index (χ0n) is 26.1. The van der Waals surface area contributed by atoms with Crippen LogP contribution < -0.4 is 42.5 Å². The molecular weight excluding hydrogens is 576 g/mol. The van der Waals surface area contributed by atoms with Gasteiger partial charge in [-0.3, -0.25) is 46.7 Å². The summed E-state index contributed by atoms with van der Waals surface area (Å²) in [4.78, 5) is 0. The van der Waals surface area contributed by atoms with Crippen molar-refractivity contribution in [1.82, 2.24) is 42.5 Å². The summed E-state index contributed by atoms with van der Waals surface area (Å²) in [5.74, 6) is 4.16. The third-order valence-electron chi connectivity index (χ3n) is 14.0. The summed E-state index contributed by atoms with van der Waals surface area (Å²) in [6.45, 7) is 0. The van der Waals surface area contributed by atoms with Crippen LogP contribution in [0.5, 0.6) is 0 Å². The molecule has 11 nitrogen and oxygen atoms in total. The average molecular weight is 632 g/mol. The molecule has 0 spiro atoms. The second-order valence-electron chi connectivity index (χ2n) is 16.0. The summed E-state index contributed by atoms with van der Waals surface area (Å²) in [5, 5.41) is 32.9. The Morgan fingerprint density at radius 3 is 1.05 bits per heavy atom. The van der Waals surface area contributed by atoms with Crippen LogP contribution in [0.3, 0.4) is 0 Å². The van der Waals surface area contributed by atoms with Gasteiger partial charge in [-0.25, -0.2) is 4.21 Å². The monoisotopic (exact) mass is 631 g/mol. The van der Waals surface area contributed by atoms with Crippen molar-refractivity contribution in [3.63, 3.8) is 0 Å². The summed E-state index contributed by atoms with van der Waals surface area (Å²) in [5.41, 5.74) is 0. The molecule has 44 heavy (non-hydrogen) atoms. The molecule has 9 fully saturated rings. The van der Waals surface area contributed by atoms with Crippen molar-refractivity contribution in [2.75, 3.05) is 0 Å². The number of rotatable bonds is 2. The Morgan fingerprint density at radius 2 is 0.705 bits per heavy atom. The van der Waals surface area contributed by atoms with E-state index in [1.807, 2.05) is 0 Å². The first-order chi connectivity index (χ1) is 21.6. The number of hydrogen-bond donors (Lipinski definition) is 8. The van der Waals surface area contributed by atoms with Crippen molar-refractivity contribution < 1.29 is 12.9 Å². The maximum atomic E-state index is 11.8. The van der Waals surface area contributed by atoms with Crippen LogP contribution in [-0.4, -0.2) is 64.2 Å². The maximum absolute atomic E-state index is 11.8. The standard InChI is InChI=1S/C32H56N8O3S/c41-44(42)43-23-15-7-14-22-24(23)32-39-30-21-13-6-5-12-20(21)28(37-30)35-26-17-9-2-1-8-16(17)25(33-26)34-27-18-10-3-4-11-19(18)29(36-27)38-31(22)40-32/h16-40H,1-15H2,(H,41,42)/p-1. The molecule has 18 atom stereocenters. The van der Waals surface area contributed by atoms with E-state index in [1.165, 1.54) is 77.0 Å². The second-order valence-corrected chi connectivity index (χ2v) is 16.6. The van der Waals surface area contributed by atoms with E-state index in [1.54, 1.807) is 0 Å². The fourth-order valence-electron chi connectivity index (χ4n) is 12.2. The van der Waals surface area contributed by atoms with Gasteiger partial charge in [-0.15, -0.1) is 0 Å². The van der Waals surface area contributed by atoms with Crippen molar-refractivity contribution >= 4 is 11.4 Å². The van der Waals surface area contributed by atoms with Crippen LogP contribution >= 0.6 is 0 Å². The Labute approximate surface area is 265 Å². The molecule has 0 aromatic rings. The summed E-state index contributed by atoms with van der Waals surface area (Å²) in [6, 6.07) is 0. The van der Waals surface area contributed by atoms with E-state index in [-0.39, 0.29) is 42.9 Å². The summed E-state index contributed by atoms with van der Waals surface area (Å²) >= 11 is -2.51. The second kappa shape index (κ2) is 12.3. The first kappa shape index (κ1) is 29.9. The zero-order chi connectivity index (χ0) is 29.4. The lowest BCUT2D eigenvalue weighted by atomic mass is 9.75. The van der Waals surface area contributed by atoms with E-state index in [9.17, 15) is 8.76 Å². The number of hydrogen-bond acceptors (Lipinski definition) is 11. The predicted molar refractivity (Wildman–Crippen MR) is 166 cm³/mol. The van der Waals surface area contributed by atoms with Gasteiger partial charge in [0.05, 0.1) is 66.8 Å². The minimum absolute atomic E-state index is 0.00716. The molecule has 4 saturated carbocycles. The predicted octanol–water partition coefficient (Wildman–Crippen LogP) is 1.39. The molecule has 0 radical (unpaired) electrons. The van der Waals surface area contributed by atoms with Crippen molar-refractivity contribution in [2.45, 2.75) is 152 Å². The highest BCUT2D eigenvalue weighted by Crippen LogP contribution is 2.46. The molecule has 5 heterocycles. The van der Waals surface area contributed by atoms with Crippen LogP contribution in [-0.2, 0) is 15.5 Å². The average Bonchev–Trinajstić information content (AvgIpc) is 3.77. The Hall–Kier alpha value is -0.250. The van der Waals surface area contributed by atoms with E-state index in [2.05, 4.69) is 42.5 Å². The van der Waals surface area contributed by atoms with E-state index in [0.29, 0.717) is 59.9 Å². The molecule has 4 aliphatic carbocycles. The topological polar surface area (TPSA) is 146 Å². The molecular formula is C32H55N8O3S-. The van der Waals surface area contributed by atoms with Crippen LogP contribution in [0.15, 0.2) is 0 Å². The maximum Gasteiger partial charge on any atom is 0.0844 e. The smallest absolute Gasteiger partial charge is 0.0844 e. The SMILES string of the molecule is O=S([O-])OC1CCCC2C3NC4NC(NC5NC(NC6NC(NC(N3)C12)C1CCCCC61)C1CCCCC51)C1CCCCC41. The largest absolute Gasteiger partial charge is 0.750 e. The minimum Gasteiger partial charge on any atom is -0.750 e. The molecule has 0 aromatic carbocycles. The normalized spacial score (nSPS) is 55.9. The molecule has 12 heteroatoms. The highest BCUT2D eigenvalue weighted by atomic mass is 32.2. The molecule has 5 aliphatic heterocycles. The van der Waals surface area contributed by atoms with Gasteiger partial charge in [0.1, 0.15) is 0 Å². The third kappa shape index (κ3) is 5.27. The Balaban J connectivity index is 1.06. The molecule has 5 saturated heterocycles. The highest BCUT2D eigenvalue weighted by molar-refractivity contribution is 7.74. The number of nitrogens with one attached hydrogen (secondary N) is 8. The van der Waals surface area contributed by atoms with Gasteiger partial charge in [0.2, 0.25) is 0 Å². The molecule has 8 bridgehead atoms. The molecule has 8 N–H and O–H groups in total. The van der Waals surface area contributed by atoms with Crippen molar-refractivity contribution in [1.29, 1.82) is 0 Å². The van der Waals surface area contributed by atoms with Crippen LogP contribution in [0.1, 0.15) is 96.3 Å². The van der Waals surface area contributed by atoms with Crippen LogP contribution in [0.4, 0.5) is 0 Å². The van der Waals surface area contributed by atoms with Crippen molar-refractivity contribution in [3.05, 3.63) is 0 Å². The zero-order valence-corrected chi connectivity index (χ0v) is 26.9. The fraction of sp³-hybridized carbons (Fsp3) is 1.00. The van der Waals surface area contributed by atoms with Crippen LogP contribution in [0, 0.1) is 47.3 Å². The van der Waals surface area contributed by atoms with Gasteiger partial charge in [0, 0.05) is 5.92 Å². The lowest BCUT2D eigenvalue weighted by Gasteiger charge is -2.39. The lowest BCUT2D eigenvalue weighted by Crippen LogP contribution is -2.62. The third-order valence-corrected chi connectivity index (χ3v) is 14.4. The van der Waals surface area contributed by atoms with Crippen molar-refractivity contribution in [3.8, 4) is 0 Å². The van der Waals surface area contributed by atoms with Gasteiger partial charge in [-0.1, -0.05) is 44.9 Å². The summed E-state index contributed by atoms with van der Waals surface area (Å²) in [7, 11) is 0. The Bertz CT molecular complexity index is 1070. The fourth-order valence-corrected chi connectivity index (χ4v) is 12.6. The first-order valence-electron chi connectivity index (χ1n) is 18.5. The van der Waals surface area contributed by atoms with Crippen LogP contribution in [0.25, 0.3) is 0 Å². The Morgan fingerprint density at radius 1 is 0.409 bits per heavy atom. The summed E-state index contributed by atoms with van der Waals surface area (Å²) in [6.07, 6.45) is 20.0. The van der Waals surface area contributed by atoms with E-state index in [0.717, 1.165) is 19.3 Å². The quantitative estimate of drug-likeness (QED) is 0.209. The molecule has 0 amide bonds. The molecule has 9 rings (SSSR count). The van der Waals surface area contributed by atoms with Gasteiger partial charge >= 0.3 is 0 Å². The molecule has 0 aromatic heterocycles. The molecule has 9 aliphatic rings. The molecule has 248 valence electrons. The van der Waals surface area contributed by atoms with Gasteiger partial charge in [-0.2, -0.15) is 0 Å². The van der Waals surface area contributed by atoms with Crippen molar-refractivity contribution in [2.24, 2.45) is 47.3 Å². The van der Waals surface area contributed by atoms with Gasteiger partial charge in [0.25, 0.3) is 0 Å². The van der Waals surface area contributed by atoms with Gasteiger partial charge < -0.3 is 4.55 Å². The van der Waals surface area contributed by atoms with Crippen LogP contribution in [0.2, 0.25) is 0 Å². The van der Waals surface area contributed by atoms with E-state index < -0.39 is 11.4 Å².